The zero-order valence-corrected chi connectivity index (χ0v) is 25.1. The van der Waals surface area contributed by atoms with E-state index in [1.54, 1.807) is 48.5 Å². The third-order valence-corrected chi connectivity index (χ3v) is 7.67. The summed E-state index contributed by atoms with van der Waals surface area (Å²) in [5.41, 5.74) is 7.73. The van der Waals surface area contributed by atoms with Gasteiger partial charge in [-0.25, -0.2) is 0 Å². The number of phenols is 2. The van der Waals surface area contributed by atoms with E-state index in [9.17, 15) is 10.2 Å². The van der Waals surface area contributed by atoms with Gasteiger partial charge in [0.1, 0.15) is 34.5 Å². The summed E-state index contributed by atoms with van der Waals surface area (Å²) in [6, 6.07) is 31.1. The van der Waals surface area contributed by atoms with Gasteiger partial charge in [0.2, 0.25) is 0 Å². The van der Waals surface area contributed by atoms with Gasteiger partial charge in [-0.05, 0) is 150 Å². The van der Waals surface area contributed by atoms with E-state index in [-0.39, 0.29) is 17.4 Å². The highest BCUT2D eigenvalue weighted by atomic mass is 127. The molecule has 0 aliphatic carbocycles. The first-order valence-corrected chi connectivity index (χ1v) is 14.2. The molecule has 0 saturated carbocycles. The van der Waals surface area contributed by atoms with Crippen LogP contribution in [0.25, 0.3) is 0 Å². The topological polar surface area (TPSA) is 58.9 Å². The maximum atomic E-state index is 9.63. The summed E-state index contributed by atoms with van der Waals surface area (Å²) < 4.78 is 13.7. The van der Waals surface area contributed by atoms with Crippen LogP contribution < -0.4 is 9.47 Å². The van der Waals surface area contributed by atoms with Gasteiger partial charge in [-0.2, -0.15) is 0 Å². The van der Waals surface area contributed by atoms with Crippen molar-refractivity contribution in [2.45, 2.75) is 33.6 Å². The molecule has 0 unspecified atom stereocenters. The first-order chi connectivity index (χ1) is 19.2. The molecule has 0 spiro atoms. The Morgan fingerprint density at radius 1 is 0.500 bits per heavy atom. The van der Waals surface area contributed by atoms with Crippen LogP contribution >= 0.6 is 22.6 Å². The van der Waals surface area contributed by atoms with Crippen molar-refractivity contribution in [3.8, 4) is 34.5 Å². The highest BCUT2D eigenvalue weighted by molar-refractivity contribution is 14.1. The van der Waals surface area contributed by atoms with Crippen LogP contribution in [0.3, 0.4) is 0 Å². The minimum Gasteiger partial charge on any atom is -0.508 e. The third-order valence-electron chi connectivity index (χ3n) is 6.95. The van der Waals surface area contributed by atoms with Gasteiger partial charge in [0, 0.05) is 9.49 Å². The molecule has 0 atom stereocenters. The average molecular weight is 643 g/mol. The van der Waals surface area contributed by atoms with E-state index in [0.29, 0.717) is 11.5 Å². The molecule has 0 fully saturated rings. The lowest BCUT2D eigenvalue weighted by atomic mass is 9.82. The molecule has 0 aliphatic heterocycles. The standard InChI is InChI=1S/C35H31IO4/c1-21-17-26(18-22(2)34(21)39-31-13-9-29(37)10-14-31)33(25-5-7-28(36)8-6-25)27-19-23(3)35(24(4)20-27)40-32-15-11-30(38)12-16-32/h5-20,33,37-38H,1-4H3. The largest absolute Gasteiger partial charge is 0.508 e. The summed E-state index contributed by atoms with van der Waals surface area (Å²) in [5, 5.41) is 19.3. The Balaban J connectivity index is 1.56. The molecule has 0 aromatic heterocycles. The van der Waals surface area contributed by atoms with Crippen LogP contribution in [0.1, 0.15) is 44.9 Å². The van der Waals surface area contributed by atoms with E-state index in [2.05, 4.69) is 98.8 Å². The first kappa shape index (κ1) is 27.6. The smallest absolute Gasteiger partial charge is 0.133 e. The normalized spacial score (nSPS) is 11.1. The van der Waals surface area contributed by atoms with Crippen LogP contribution in [0.4, 0.5) is 0 Å². The van der Waals surface area contributed by atoms with Crippen molar-refractivity contribution in [2.75, 3.05) is 0 Å². The molecule has 40 heavy (non-hydrogen) atoms. The Bertz CT molecular complexity index is 1490. The van der Waals surface area contributed by atoms with Crippen molar-refractivity contribution < 1.29 is 19.7 Å². The molecule has 5 rings (SSSR count). The molecule has 0 radical (unpaired) electrons. The Hall–Kier alpha value is -3.97. The summed E-state index contributed by atoms with van der Waals surface area (Å²) in [6.07, 6.45) is 0. The van der Waals surface area contributed by atoms with E-state index in [4.69, 9.17) is 9.47 Å². The number of rotatable bonds is 7. The second-order valence-corrected chi connectivity index (χ2v) is 11.4. The summed E-state index contributed by atoms with van der Waals surface area (Å²) in [4.78, 5) is 0. The summed E-state index contributed by atoms with van der Waals surface area (Å²) in [7, 11) is 0. The van der Waals surface area contributed by atoms with Crippen molar-refractivity contribution in [3.63, 3.8) is 0 Å². The summed E-state index contributed by atoms with van der Waals surface area (Å²) >= 11 is 2.34. The highest BCUT2D eigenvalue weighted by Gasteiger charge is 2.22. The molecule has 0 aliphatic rings. The van der Waals surface area contributed by atoms with Crippen molar-refractivity contribution in [3.05, 3.63) is 140 Å². The molecular formula is C35H31IO4. The number of ether oxygens (including phenoxy) is 2. The number of aryl methyl sites for hydroxylation is 4. The van der Waals surface area contributed by atoms with E-state index in [0.717, 1.165) is 33.8 Å². The molecule has 4 nitrogen and oxygen atoms in total. The molecule has 0 saturated heterocycles. The van der Waals surface area contributed by atoms with Gasteiger partial charge in [-0.1, -0.05) is 36.4 Å². The first-order valence-electron chi connectivity index (χ1n) is 13.1. The van der Waals surface area contributed by atoms with Crippen molar-refractivity contribution >= 4 is 22.6 Å². The zero-order chi connectivity index (χ0) is 28.4. The lowest BCUT2D eigenvalue weighted by Crippen LogP contribution is -2.07. The molecule has 202 valence electrons. The van der Waals surface area contributed by atoms with Crippen LogP contribution in [0.2, 0.25) is 0 Å². The number of hydrogen-bond acceptors (Lipinski definition) is 4. The summed E-state index contributed by atoms with van der Waals surface area (Å²) in [5.74, 6) is 3.44. The van der Waals surface area contributed by atoms with Gasteiger partial charge in [0.05, 0.1) is 0 Å². The SMILES string of the molecule is Cc1cc(C(c2ccc(I)cc2)c2cc(C)c(Oc3ccc(O)cc3)c(C)c2)cc(C)c1Oc1ccc(O)cc1. The monoisotopic (exact) mass is 642 g/mol. The molecular weight excluding hydrogens is 611 g/mol. The Labute approximate surface area is 249 Å². The number of phenolic OH excluding ortho intramolecular Hbond substituents is 2. The van der Waals surface area contributed by atoms with Crippen molar-refractivity contribution in [1.29, 1.82) is 0 Å². The van der Waals surface area contributed by atoms with E-state index in [1.165, 1.54) is 20.3 Å². The van der Waals surface area contributed by atoms with Crippen LogP contribution in [0.15, 0.2) is 97.1 Å². The Kier molecular flexibility index (Phi) is 8.03. The van der Waals surface area contributed by atoms with Gasteiger partial charge < -0.3 is 19.7 Å². The van der Waals surface area contributed by atoms with Crippen molar-refractivity contribution in [1.82, 2.24) is 0 Å². The van der Waals surface area contributed by atoms with Gasteiger partial charge in [-0.15, -0.1) is 0 Å². The maximum absolute atomic E-state index is 9.63. The summed E-state index contributed by atoms with van der Waals surface area (Å²) in [6.45, 7) is 8.29. The van der Waals surface area contributed by atoms with Crippen molar-refractivity contribution in [2.24, 2.45) is 0 Å². The van der Waals surface area contributed by atoms with E-state index >= 15 is 0 Å². The molecule has 5 heteroatoms. The van der Waals surface area contributed by atoms with Crippen LogP contribution in [0.5, 0.6) is 34.5 Å². The van der Waals surface area contributed by atoms with E-state index < -0.39 is 0 Å². The molecule has 0 heterocycles. The average Bonchev–Trinajstić information content (AvgIpc) is 2.92. The van der Waals surface area contributed by atoms with Crippen LogP contribution in [-0.2, 0) is 0 Å². The zero-order valence-electron chi connectivity index (χ0n) is 22.9. The number of halogens is 1. The fourth-order valence-corrected chi connectivity index (χ4v) is 5.48. The molecule has 5 aromatic carbocycles. The third kappa shape index (κ3) is 6.10. The minimum atomic E-state index is 0.0113. The number of aromatic hydroxyl groups is 2. The maximum Gasteiger partial charge on any atom is 0.133 e. The fourth-order valence-electron chi connectivity index (χ4n) is 5.12. The van der Waals surface area contributed by atoms with Crippen LogP contribution in [0, 0.1) is 31.3 Å². The molecule has 2 N–H and O–H groups in total. The van der Waals surface area contributed by atoms with Gasteiger partial charge in [-0.3, -0.25) is 0 Å². The predicted octanol–water partition coefficient (Wildman–Crippen LogP) is 9.70. The number of benzene rings is 5. The Morgan fingerprint density at radius 3 is 1.20 bits per heavy atom. The Morgan fingerprint density at radius 2 is 0.850 bits per heavy atom. The predicted molar refractivity (Wildman–Crippen MR) is 168 cm³/mol. The number of hydrogen-bond donors (Lipinski definition) is 2. The van der Waals surface area contributed by atoms with E-state index in [1.807, 2.05) is 0 Å². The lowest BCUT2D eigenvalue weighted by molar-refractivity contribution is 0.461. The molecule has 0 bridgehead atoms. The molecule has 0 amide bonds. The lowest BCUT2D eigenvalue weighted by Gasteiger charge is -2.24. The van der Waals surface area contributed by atoms with Gasteiger partial charge in [0.15, 0.2) is 0 Å². The minimum absolute atomic E-state index is 0.0113. The van der Waals surface area contributed by atoms with Crippen LogP contribution in [-0.4, -0.2) is 10.2 Å². The quantitative estimate of drug-likeness (QED) is 0.137. The molecule has 5 aromatic rings. The van der Waals surface area contributed by atoms with Gasteiger partial charge >= 0.3 is 0 Å². The second kappa shape index (κ2) is 11.6. The highest BCUT2D eigenvalue weighted by Crippen LogP contribution is 2.40. The van der Waals surface area contributed by atoms with Gasteiger partial charge in [0.25, 0.3) is 0 Å². The second-order valence-electron chi connectivity index (χ2n) is 10.1. The fraction of sp³-hybridized carbons (Fsp3) is 0.143.